The summed E-state index contributed by atoms with van der Waals surface area (Å²) in [5.41, 5.74) is 3.68. The molecule has 1 aliphatic heterocycles. The summed E-state index contributed by atoms with van der Waals surface area (Å²) in [4.78, 5) is 20.1. The molecular formula is C20H20N8O. The first-order valence-corrected chi connectivity index (χ1v) is 9.53. The van der Waals surface area contributed by atoms with Crippen molar-refractivity contribution in [2.75, 3.05) is 11.4 Å². The van der Waals surface area contributed by atoms with E-state index < -0.39 is 0 Å². The fourth-order valence-corrected chi connectivity index (χ4v) is 3.74. The van der Waals surface area contributed by atoms with Crippen LogP contribution >= 0.6 is 0 Å². The second-order valence-corrected chi connectivity index (χ2v) is 7.09. The van der Waals surface area contributed by atoms with Gasteiger partial charge in [-0.3, -0.25) is 9.67 Å². The van der Waals surface area contributed by atoms with E-state index in [1.165, 1.54) is 0 Å². The molecule has 0 N–H and O–H groups in total. The highest BCUT2D eigenvalue weighted by Crippen LogP contribution is 2.35. The molecule has 5 heterocycles. The molecule has 4 aromatic heterocycles. The summed E-state index contributed by atoms with van der Waals surface area (Å²) < 4.78 is 7.40. The van der Waals surface area contributed by atoms with Gasteiger partial charge in [-0.1, -0.05) is 5.16 Å². The van der Waals surface area contributed by atoms with Gasteiger partial charge in [-0.25, -0.2) is 9.97 Å². The van der Waals surface area contributed by atoms with Crippen LogP contribution in [0.5, 0.6) is 0 Å². The normalized spacial score (nSPS) is 16.5. The van der Waals surface area contributed by atoms with Crippen molar-refractivity contribution in [3.63, 3.8) is 0 Å². The van der Waals surface area contributed by atoms with E-state index in [2.05, 4.69) is 30.1 Å². The van der Waals surface area contributed by atoms with Gasteiger partial charge < -0.3 is 9.42 Å². The Morgan fingerprint density at radius 1 is 1.10 bits per heavy atom. The number of hydrogen-bond donors (Lipinski definition) is 0. The van der Waals surface area contributed by atoms with Crippen molar-refractivity contribution < 1.29 is 4.52 Å². The number of rotatable bonds is 4. The molecule has 4 aromatic rings. The van der Waals surface area contributed by atoms with E-state index in [1.807, 2.05) is 38.4 Å². The molecule has 0 aromatic carbocycles. The SMILES string of the molecule is Cc1nn(C)cc1-c1ccnc(N2CCC[C@H]2c2nc(-c3ccncc3)no2)n1. The van der Waals surface area contributed by atoms with Gasteiger partial charge in [0.15, 0.2) is 0 Å². The number of nitrogens with zero attached hydrogens (tertiary/aromatic N) is 8. The fraction of sp³-hybridized carbons (Fsp3) is 0.300. The molecule has 0 radical (unpaired) electrons. The van der Waals surface area contributed by atoms with Crippen molar-refractivity contribution in [1.82, 2.24) is 34.9 Å². The Labute approximate surface area is 167 Å². The summed E-state index contributed by atoms with van der Waals surface area (Å²) in [6, 6.07) is 5.60. The molecular weight excluding hydrogens is 368 g/mol. The van der Waals surface area contributed by atoms with Crippen molar-refractivity contribution in [2.24, 2.45) is 7.05 Å². The van der Waals surface area contributed by atoms with Gasteiger partial charge in [-0.05, 0) is 38.0 Å². The molecule has 0 spiro atoms. The topological polar surface area (TPSA) is 98.7 Å². The lowest BCUT2D eigenvalue weighted by Crippen LogP contribution is -2.25. The van der Waals surface area contributed by atoms with Gasteiger partial charge in [0.05, 0.1) is 11.4 Å². The van der Waals surface area contributed by atoms with Gasteiger partial charge in [0.2, 0.25) is 17.7 Å². The molecule has 0 unspecified atom stereocenters. The quantitative estimate of drug-likeness (QED) is 0.526. The lowest BCUT2D eigenvalue weighted by molar-refractivity contribution is 0.354. The van der Waals surface area contributed by atoms with Gasteiger partial charge in [0.25, 0.3) is 0 Å². The van der Waals surface area contributed by atoms with Crippen molar-refractivity contribution in [3.05, 3.63) is 54.6 Å². The van der Waals surface area contributed by atoms with Crippen LogP contribution in [0.25, 0.3) is 22.6 Å². The summed E-state index contributed by atoms with van der Waals surface area (Å²) in [5.74, 6) is 1.81. The molecule has 1 atom stereocenters. The van der Waals surface area contributed by atoms with E-state index >= 15 is 0 Å². The first kappa shape index (κ1) is 17.5. The third-order valence-corrected chi connectivity index (χ3v) is 5.11. The van der Waals surface area contributed by atoms with Crippen LogP contribution in [0.1, 0.15) is 30.5 Å². The molecule has 0 bridgehead atoms. The number of anilines is 1. The van der Waals surface area contributed by atoms with Gasteiger partial charge in [0.1, 0.15) is 6.04 Å². The predicted molar refractivity (Wildman–Crippen MR) is 106 cm³/mol. The largest absolute Gasteiger partial charge is 0.337 e. The molecule has 29 heavy (non-hydrogen) atoms. The maximum absolute atomic E-state index is 5.60. The zero-order valence-corrected chi connectivity index (χ0v) is 16.2. The molecule has 1 fully saturated rings. The summed E-state index contributed by atoms with van der Waals surface area (Å²) in [7, 11) is 1.91. The Kier molecular flexibility index (Phi) is 4.27. The summed E-state index contributed by atoms with van der Waals surface area (Å²) in [6.45, 7) is 2.82. The number of aryl methyl sites for hydroxylation is 2. The summed E-state index contributed by atoms with van der Waals surface area (Å²) in [5, 5.41) is 8.56. The maximum atomic E-state index is 5.60. The van der Waals surface area contributed by atoms with E-state index in [-0.39, 0.29) is 6.04 Å². The van der Waals surface area contributed by atoms with Gasteiger partial charge in [0, 0.05) is 49.5 Å². The standard InChI is InChI=1S/C20H20N8O/c1-13-15(12-27(2)25-13)16-7-10-22-20(23-16)28-11-3-4-17(28)19-24-18(26-29-19)14-5-8-21-9-6-14/h5-10,12,17H,3-4,11H2,1-2H3/t17-/m0/s1. The second-order valence-electron chi connectivity index (χ2n) is 7.09. The molecule has 0 saturated carbocycles. The number of pyridine rings is 1. The first-order chi connectivity index (χ1) is 14.2. The third-order valence-electron chi connectivity index (χ3n) is 5.11. The Morgan fingerprint density at radius 3 is 2.76 bits per heavy atom. The van der Waals surface area contributed by atoms with Crippen LogP contribution < -0.4 is 4.90 Å². The van der Waals surface area contributed by atoms with Crippen LogP contribution in [0.2, 0.25) is 0 Å². The van der Waals surface area contributed by atoms with Gasteiger partial charge >= 0.3 is 0 Å². The first-order valence-electron chi connectivity index (χ1n) is 9.53. The molecule has 146 valence electrons. The van der Waals surface area contributed by atoms with Crippen molar-refractivity contribution >= 4 is 5.95 Å². The molecule has 1 aliphatic rings. The van der Waals surface area contributed by atoms with E-state index in [9.17, 15) is 0 Å². The Balaban J connectivity index is 1.45. The lowest BCUT2D eigenvalue weighted by atomic mass is 10.2. The van der Waals surface area contributed by atoms with Crippen LogP contribution in [-0.2, 0) is 7.05 Å². The van der Waals surface area contributed by atoms with Crippen molar-refractivity contribution in [1.29, 1.82) is 0 Å². The van der Waals surface area contributed by atoms with Gasteiger partial charge in [-0.15, -0.1) is 0 Å². The van der Waals surface area contributed by atoms with Crippen LogP contribution in [0.3, 0.4) is 0 Å². The molecule has 9 nitrogen and oxygen atoms in total. The van der Waals surface area contributed by atoms with Crippen LogP contribution in [-0.4, -0.2) is 41.4 Å². The average Bonchev–Trinajstić information content (AvgIpc) is 3.48. The predicted octanol–water partition coefficient (Wildman–Crippen LogP) is 2.97. The molecule has 9 heteroatoms. The molecule has 1 saturated heterocycles. The molecule has 5 rings (SSSR count). The van der Waals surface area contributed by atoms with Crippen molar-refractivity contribution in [2.45, 2.75) is 25.8 Å². The monoisotopic (exact) mass is 388 g/mol. The smallest absolute Gasteiger partial charge is 0.249 e. The zero-order chi connectivity index (χ0) is 19.8. The van der Waals surface area contributed by atoms with Crippen LogP contribution in [0, 0.1) is 6.92 Å². The Morgan fingerprint density at radius 2 is 1.97 bits per heavy atom. The van der Waals surface area contributed by atoms with E-state index in [0.29, 0.717) is 17.7 Å². The number of aromatic nitrogens is 7. The highest BCUT2D eigenvalue weighted by Gasteiger charge is 2.33. The summed E-state index contributed by atoms with van der Waals surface area (Å²) in [6.07, 6.45) is 9.12. The van der Waals surface area contributed by atoms with E-state index in [0.717, 1.165) is 41.9 Å². The maximum Gasteiger partial charge on any atom is 0.249 e. The average molecular weight is 388 g/mol. The highest BCUT2D eigenvalue weighted by atomic mass is 16.5. The minimum absolute atomic E-state index is 0.0386. The zero-order valence-electron chi connectivity index (χ0n) is 16.2. The van der Waals surface area contributed by atoms with Crippen LogP contribution in [0.15, 0.2) is 47.5 Å². The van der Waals surface area contributed by atoms with E-state index in [1.54, 1.807) is 23.3 Å². The highest BCUT2D eigenvalue weighted by molar-refractivity contribution is 5.62. The Hall–Kier alpha value is -3.62. The van der Waals surface area contributed by atoms with Crippen LogP contribution in [0.4, 0.5) is 5.95 Å². The minimum Gasteiger partial charge on any atom is -0.337 e. The number of hydrogen-bond acceptors (Lipinski definition) is 8. The van der Waals surface area contributed by atoms with E-state index in [4.69, 9.17) is 9.51 Å². The summed E-state index contributed by atoms with van der Waals surface area (Å²) >= 11 is 0. The van der Waals surface area contributed by atoms with Gasteiger partial charge in [-0.2, -0.15) is 10.1 Å². The fourth-order valence-electron chi connectivity index (χ4n) is 3.74. The molecule has 0 aliphatic carbocycles. The Bertz CT molecular complexity index is 1140. The second kappa shape index (κ2) is 7.08. The third kappa shape index (κ3) is 3.24. The van der Waals surface area contributed by atoms with Crippen molar-refractivity contribution in [3.8, 4) is 22.6 Å². The minimum atomic E-state index is -0.0386. The molecule has 0 amide bonds. The lowest BCUT2D eigenvalue weighted by Gasteiger charge is -2.21.